The third-order valence-electron chi connectivity index (χ3n) is 9.76. The van der Waals surface area contributed by atoms with E-state index < -0.39 is 35.3 Å². The normalized spacial score (nSPS) is 23.2. The predicted molar refractivity (Wildman–Crippen MR) is 168 cm³/mol. The molecule has 4 amide bonds. The van der Waals surface area contributed by atoms with Crippen LogP contribution in [-0.2, 0) is 20.1 Å². The molecule has 3 aliphatic rings. The van der Waals surface area contributed by atoms with E-state index in [1.54, 1.807) is 6.92 Å². The Morgan fingerprint density at radius 3 is 2.24 bits per heavy atom. The first-order chi connectivity index (χ1) is 21.7. The van der Waals surface area contributed by atoms with Crippen molar-refractivity contribution in [1.29, 1.82) is 0 Å². The molecular formula is C34H31N5O6. The lowest BCUT2D eigenvalue weighted by Gasteiger charge is -2.38. The second-order valence-corrected chi connectivity index (χ2v) is 12.2. The molecule has 11 heteroatoms. The number of fused-ring (bicyclic) bond motifs is 13. The number of rotatable bonds is 8. The van der Waals surface area contributed by atoms with Crippen LogP contribution < -0.4 is 16.0 Å². The Balaban J connectivity index is 1.30. The lowest BCUT2D eigenvalue weighted by Crippen LogP contribution is -2.59. The van der Waals surface area contributed by atoms with Gasteiger partial charge in [-0.3, -0.25) is 24.5 Å². The Kier molecular flexibility index (Phi) is 5.81. The van der Waals surface area contributed by atoms with Gasteiger partial charge >= 0.3 is 0 Å². The van der Waals surface area contributed by atoms with E-state index in [1.807, 2.05) is 57.7 Å². The molecule has 0 spiro atoms. The van der Waals surface area contributed by atoms with Crippen LogP contribution in [0, 0.1) is 0 Å². The van der Waals surface area contributed by atoms with Crippen molar-refractivity contribution in [3.8, 4) is 0 Å². The highest BCUT2D eigenvalue weighted by molar-refractivity contribution is 6.39. The van der Waals surface area contributed by atoms with Gasteiger partial charge in [-0.1, -0.05) is 43.0 Å². The zero-order chi connectivity index (χ0) is 31.2. The van der Waals surface area contributed by atoms with E-state index >= 15 is 0 Å². The largest absolute Gasteiger partial charge is 0.376 e. The number of amides is 4. The summed E-state index contributed by atoms with van der Waals surface area (Å²) in [7, 11) is 0. The minimum absolute atomic E-state index is 0.0354. The zero-order valence-electron chi connectivity index (χ0n) is 24.6. The fourth-order valence-corrected chi connectivity index (χ4v) is 7.73. The lowest BCUT2D eigenvalue weighted by molar-refractivity contribution is -0.187. The molecule has 0 saturated carbocycles. The van der Waals surface area contributed by atoms with Crippen molar-refractivity contribution in [1.82, 2.24) is 25.1 Å². The van der Waals surface area contributed by atoms with Gasteiger partial charge in [-0.05, 0) is 44.4 Å². The van der Waals surface area contributed by atoms with E-state index in [1.165, 1.54) is 6.08 Å². The topological polar surface area (TPSA) is 144 Å². The van der Waals surface area contributed by atoms with Gasteiger partial charge in [-0.2, -0.15) is 0 Å². The number of imide groups is 1. The van der Waals surface area contributed by atoms with E-state index in [0.29, 0.717) is 57.8 Å². The molecule has 3 aromatic carbocycles. The van der Waals surface area contributed by atoms with E-state index in [4.69, 9.17) is 4.74 Å². The third-order valence-corrected chi connectivity index (χ3v) is 9.76. The molecule has 5 heterocycles. The molecule has 4 N–H and O–H groups in total. The molecule has 5 aromatic rings. The van der Waals surface area contributed by atoms with Gasteiger partial charge in [0.15, 0.2) is 11.3 Å². The molecule has 3 aliphatic heterocycles. The Bertz CT molecular complexity index is 2180. The minimum Gasteiger partial charge on any atom is -0.376 e. The summed E-state index contributed by atoms with van der Waals surface area (Å²) in [5.41, 5.74) is -0.138. The molecule has 2 aromatic heterocycles. The van der Waals surface area contributed by atoms with Crippen molar-refractivity contribution < 1.29 is 29.0 Å². The van der Waals surface area contributed by atoms with Crippen LogP contribution in [0.4, 0.5) is 0 Å². The minimum atomic E-state index is -1.99. The van der Waals surface area contributed by atoms with Gasteiger partial charge in [0.2, 0.25) is 5.91 Å². The van der Waals surface area contributed by atoms with E-state index in [-0.39, 0.29) is 12.3 Å². The molecule has 1 saturated heterocycles. The maximum atomic E-state index is 14.0. The highest BCUT2D eigenvalue weighted by atomic mass is 16.6. The quantitative estimate of drug-likeness (QED) is 0.121. The van der Waals surface area contributed by atoms with E-state index in [2.05, 4.69) is 22.5 Å². The maximum absolute atomic E-state index is 14.0. The first-order valence-electron chi connectivity index (χ1n) is 15.2. The van der Waals surface area contributed by atoms with E-state index in [0.717, 1.165) is 29.3 Å². The number of benzene rings is 3. The van der Waals surface area contributed by atoms with E-state index in [9.17, 15) is 24.3 Å². The van der Waals surface area contributed by atoms with Gasteiger partial charge < -0.3 is 29.6 Å². The summed E-state index contributed by atoms with van der Waals surface area (Å²) in [6, 6.07) is 15.1. The first kappa shape index (κ1) is 27.5. The zero-order valence-corrected chi connectivity index (χ0v) is 24.6. The summed E-state index contributed by atoms with van der Waals surface area (Å²) in [5.74, 6) is -1.70. The van der Waals surface area contributed by atoms with Crippen LogP contribution in [0.5, 0.6) is 0 Å². The van der Waals surface area contributed by atoms with Crippen LogP contribution in [0.2, 0.25) is 0 Å². The van der Waals surface area contributed by atoms with Crippen molar-refractivity contribution in [2.24, 2.45) is 0 Å². The van der Waals surface area contributed by atoms with Crippen molar-refractivity contribution in [2.45, 2.75) is 50.2 Å². The maximum Gasteiger partial charge on any atom is 0.259 e. The molecule has 0 aliphatic carbocycles. The standard InChI is InChI=1S/C34H31N5O6/c1-3-22(40)35-15-9-4-10-16-36-32(43)34(44)17-23-38-20-13-7-5-11-18(20)24-26-27(31(42)37-30(26)41)25-19-12-6-8-14-21(19)39(29(25)28(24)38)33(34,2)45-23/h3,5-8,11-14,23,44H,1,4,9-10,15-17H2,2H3,(H,35,40)(H,36,43)(H,37,41,42)/t23?,33-,34-/m0/s1. The Labute approximate surface area is 256 Å². The summed E-state index contributed by atoms with van der Waals surface area (Å²) in [6.45, 7) is 6.01. The molecule has 8 rings (SSSR count). The summed E-state index contributed by atoms with van der Waals surface area (Å²) in [4.78, 5) is 52.2. The smallest absolute Gasteiger partial charge is 0.259 e. The number of nitrogens with zero attached hydrogens (tertiary/aromatic N) is 2. The number of hydrogen-bond donors (Lipinski definition) is 4. The number of aromatic nitrogens is 2. The number of hydrogen-bond acceptors (Lipinski definition) is 6. The van der Waals surface area contributed by atoms with Gasteiger partial charge in [-0.15, -0.1) is 0 Å². The highest BCUT2D eigenvalue weighted by Crippen LogP contribution is 2.57. The molecule has 2 bridgehead atoms. The molecule has 1 unspecified atom stereocenters. The summed E-state index contributed by atoms with van der Waals surface area (Å²) in [6.07, 6.45) is 2.61. The van der Waals surface area contributed by atoms with Gasteiger partial charge in [0.25, 0.3) is 17.7 Å². The molecule has 0 radical (unpaired) electrons. The average Bonchev–Trinajstić information content (AvgIpc) is 3.70. The number of ether oxygens (including phenoxy) is 1. The number of unbranched alkanes of at least 4 members (excludes halogenated alkanes) is 2. The average molecular weight is 606 g/mol. The number of carbonyl (C=O) groups excluding carboxylic acids is 4. The van der Waals surface area contributed by atoms with Gasteiger partial charge in [0.1, 0.15) is 6.23 Å². The molecule has 1 fully saturated rings. The number of para-hydroxylation sites is 2. The fourth-order valence-electron chi connectivity index (χ4n) is 7.73. The van der Waals surface area contributed by atoms with Gasteiger partial charge in [0, 0.05) is 41.1 Å². The molecule has 45 heavy (non-hydrogen) atoms. The molecule has 228 valence electrons. The van der Waals surface area contributed by atoms with Crippen molar-refractivity contribution in [2.75, 3.05) is 13.1 Å². The second kappa shape index (κ2) is 9.50. The Morgan fingerprint density at radius 1 is 0.956 bits per heavy atom. The Morgan fingerprint density at radius 2 is 1.56 bits per heavy atom. The predicted octanol–water partition coefficient (Wildman–Crippen LogP) is 3.71. The summed E-state index contributed by atoms with van der Waals surface area (Å²) in [5, 5.41) is 23.4. The van der Waals surface area contributed by atoms with Crippen LogP contribution in [0.15, 0.2) is 61.2 Å². The Hall–Kier alpha value is -5.00. The van der Waals surface area contributed by atoms with Crippen LogP contribution in [0.25, 0.3) is 43.6 Å². The van der Waals surface area contributed by atoms with Crippen LogP contribution in [0.1, 0.15) is 59.6 Å². The second-order valence-electron chi connectivity index (χ2n) is 12.2. The highest BCUT2D eigenvalue weighted by Gasteiger charge is 2.65. The summed E-state index contributed by atoms with van der Waals surface area (Å²) < 4.78 is 10.6. The van der Waals surface area contributed by atoms with Gasteiger partial charge in [0.05, 0.1) is 33.2 Å². The monoisotopic (exact) mass is 605 g/mol. The lowest BCUT2D eigenvalue weighted by atomic mass is 9.87. The number of aliphatic hydroxyl groups is 1. The van der Waals surface area contributed by atoms with Gasteiger partial charge in [-0.25, -0.2) is 0 Å². The van der Waals surface area contributed by atoms with Crippen LogP contribution in [0.3, 0.4) is 0 Å². The number of carbonyl (C=O) groups is 4. The van der Waals surface area contributed by atoms with Crippen molar-refractivity contribution >= 4 is 67.2 Å². The third kappa shape index (κ3) is 3.47. The van der Waals surface area contributed by atoms with Crippen molar-refractivity contribution in [3.63, 3.8) is 0 Å². The van der Waals surface area contributed by atoms with Crippen molar-refractivity contribution in [3.05, 3.63) is 72.3 Å². The van der Waals surface area contributed by atoms with Crippen LogP contribution >= 0.6 is 0 Å². The molecule has 3 atom stereocenters. The molecule has 11 nitrogen and oxygen atoms in total. The SMILES string of the molecule is C=CC(=O)NCCCCCNC(=O)[C@@]1(O)CC2O[C@]1(C)n1c3ccccc3c3c4c(c5c6ccccc6n2c5c31)C(=O)NC4=O. The summed E-state index contributed by atoms with van der Waals surface area (Å²) >= 11 is 0. The molecular weight excluding hydrogens is 574 g/mol. The fraction of sp³-hybridized carbons (Fsp3) is 0.294. The number of nitrogens with one attached hydrogen (secondary N) is 3. The first-order valence-corrected chi connectivity index (χ1v) is 15.2. The van der Waals surface area contributed by atoms with Crippen LogP contribution in [-0.4, -0.2) is 56.6 Å².